The molecule has 0 bridgehead atoms. The maximum absolute atomic E-state index is 13.0. The van der Waals surface area contributed by atoms with Gasteiger partial charge in [0.2, 0.25) is 5.91 Å². The summed E-state index contributed by atoms with van der Waals surface area (Å²) in [6.07, 6.45) is 2.35. The smallest absolute Gasteiger partial charge is 0.233 e. The SMILES string of the molecule is CCn1c(S[C@H](C)C(=O)N[C@H](C)c2ccc(F)cc2)nnc1C1CC1. The second-order valence-corrected chi connectivity index (χ2v) is 7.71. The maximum atomic E-state index is 13.0. The first-order chi connectivity index (χ1) is 12.0. The highest BCUT2D eigenvalue weighted by Crippen LogP contribution is 2.40. The first kappa shape index (κ1) is 17.9. The van der Waals surface area contributed by atoms with Crippen molar-refractivity contribution in [2.45, 2.75) is 62.5 Å². The van der Waals surface area contributed by atoms with Gasteiger partial charge in [-0.15, -0.1) is 10.2 Å². The van der Waals surface area contributed by atoms with E-state index < -0.39 is 0 Å². The number of hydrogen-bond acceptors (Lipinski definition) is 4. The van der Waals surface area contributed by atoms with Gasteiger partial charge in [0.05, 0.1) is 11.3 Å². The van der Waals surface area contributed by atoms with Gasteiger partial charge in [-0.05, 0) is 51.3 Å². The molecule has 0 unspecified atom stereocenters. The first-order valence-electron chi connectivity index (χ1n) is 8.65. The number of nitrogens with one attached hydrogen (secondary N) is 1. The molecule has 1 amide bonds. The molecule has 7 heteroatoms. The Morgan fingerprint density at radius 2 is 2.00 bits per heavy atom. The molecule has 0 radical (unpaired) electrons. The van der Waals surface area contributed by atoms with Crippen molar-refractivity contribution in [3.8, 4) is 0 Å². The quantitative estimate of drug-likeness (QED) is 0.764. The summed E-state index contributed by atoms with van der Waals surface area (Å²) in [5.74, 6) is 1.22. The Labute approximate surface area is 151 Å². The van der Waals surface area contributed by atoms with E-state index >= 15 is 0 Å². The highest BCUT2D eigenvalue weighted by Gasteiger charge is 2.30. The number of hydrogen-bond donors (Lipinski definition) is 1. The normalized spacial score (nSPS) is 16.5. The zero-order valence-corrected chi connectivity index (χ0v) is 15.5. The molecule has 1 N–H and O–H groups in total. The lowest BCUT2D eigenvalue weighted by Gasteiger charge is -2.17. The topological polar surface area (TPSA) is 59.8 Å². The number of thioether (sulfide) groups is 1. The number of carbonyl (C=O) groups is 1. The zero-order valence-electron chi connectivity index (χ0n) is 14.7. The van der Waals surface area contributed by atoms with Crippen LogP contribution in [0.4, 0.5) is 4.39 Å². The average molecular weight is 362 g/mol. The fraction of sp³-hybridized carbons (Fsp3) is 0.500. The summed E-state index contributed by atoms with van der Waals surface area (Å²) in [6.45, 7) is 6.63. The van der Waals surface area contributed by atoms with Gasteiger partial charge in [-0.25, -0.2) is 4.39 Å². The predicted molar refractivity (Wildman–Crippen MR) is 95.9 cm³/mol. The van der Waals surface area contributed by atoms with Crippen LogP contribution >= 0.6 is 11.8 Å². The molecule has 0 aliphatic heterocycles. The Balaban J connectivity index is 1.61. The van der Waals surface area contributed by atoms with Gasteiger partial charge in [-0.2, -0.15) is 0 Å². The molecule has 1 fully saturated rings. The van der Waals surface area contributed by atoms with E-state index in [4.69, 9.17) is 0 Å². The number of rotatable bonds is 7. The maximum Gasteiger partial charge on any atom is 0.233 e. The van der Waals surface area contributed by atoms with E-state index in [1.54, 1.807) is 12.1 Å². The molecule has 1 aliphatic carbocycles. The van der Waals surface area contributed by atoms with Crippen LogP contribution in [0.1, 0.15) is 57.0 Å². The Bertz CT molecular complexity index is 742. The lowest BCUT2D eigenvalue weighted by molar-refractivity contribution is -0.120. The van der Waals surface area contributed by atoms with E-state index in [0.717, 1.165) is 23.1 Å². The standard InChI is InChI=1S/C18H23FN4OS/c1-4-23-16(14-5-6-14)21-22-18(23)25-12(3)17(24)20-11(2)13-7-9-15(19)10-8-13/h7-12,14H,4-6H2,1-3H3,(H,20,24)/t11-,12-/m1/s1. The van der Waals surface area contributed by atoms with Crippen LogP contribution in [0, 0.1) is 5.82 Å². The molecule has 5 nitrogen and oxygen atoms in total. The molecular weight excluding hydrogens is 339 g/mol. The van der Waals surface area contributed by atoms with E-state index in [1.165, 1.54) is 36.7 Å². The van der Waals surface area contributed by atoms with Gasteiger partial charge >= 0.3 is 0 Å². The summed E-state index contributed by atoms with van der Waals surface area (Å²) in [7, 11) is 0. The van der Waals surface area contributed by atoms with E-state index in [1.807, 2.05) is 13.8 Å². The fourth-order valence-electron chi connectivity index (χ4n) is 2.71. The molecule has 0 saturated heterocycles. The Hall–Kier alpha value is -1.89. The number of halogens is 1. The molecule has 2 atom stereocenters. The van der Waals surface area contributed by atoms with Gasteiger partial charge in [-0.3, -0.25) is 4.79 Å². The van der Waals surface area contributed by atoms with Crippen molar-refractivity contribution in [3.63, 3.8) is 0 Å². The van der Waals surface area contributed by atoms with Crippen molar-refractivity contribution < 1.29 is 9.18 Å². The van der Waals surface area contributed by atoms with Crippen LogP contribution in [0.5, 0.6) is 0 Å². The second kappa shape index (κ2) is 7.56. The van der Waals surface area contributed by atoms with Crippen molar-refractivity contribution in [2.24, 2.45) is 0 Å². The van der Waals surface area contributed by atoms with Crippen LogP contribution in [0.2, 0.25) is 0 Å². The molecule has 134 valence electrons. The lowest BCUT2D eigenvalue weighted by atomic mass is 10.1. The molecule has 1 aromatic heterocycles. The highest BCUT2D eigenvalue weighted by molar-refractivity contribution is 8.00. The van der Waals surface area contributed by atoms with E-state index in [9.17, 15) is 9.18 Å². The molecule has 1 aromatic carbocycles. The van der Waals surface area contributed by atoms with Crippen LogP contribution < -0.4 is 5.32 Å². The largest absolute Gasteiger partial charge is 0.349 e. The monoisotopic (exact) mass is 362 g/mol. The third-order valence-corrected chi connectivity index (χ3v) is 5.46. The van der Waals surface area contributed by atoms with Gasteiger partial charge in [0.25, 0.3) is 0 Å². The summed E-state index contributed by atoms with van der Waals surface area (Å²) in [5, 5.41) is 12.1. The van der Waals surface area contributed by atoms with E-state index in [2.05, 4.69) is 27.0 Å². The second-order valence-electron chi connectivity index (χ2n) is 6.40. The van der Waals surface area contributed by atoms with Crippen LogP contribution in [-0.4, -0.2) is 25.9 Å². The Kier molecular flexibility index (Phi) is 5.42. The van der Waals surface area contributed by atoms with Gasteiger partial charge < -0.3 is 9.88 Å². The van der Waals surface area contributed by atoms with E-state index in [0.29, 0.717) is 5.92 Å². The number of benzene rings is 1. The molecule has 1 aliphatic rings. The van der Waals surface area contributed by atoms with Gasteiger partial charge in [0.15, 0.2) is 5.16 Å². The van der Waals surface area contributed by atoms with Crippen LogP contribution in [-0.2, 0) is 11.3 Å². The van der Waals surface area contributed by atoms with Crippen LogP contribution in [0.3, 0.4) is 0 Å². The summed E-state index contributed by atoms with van der Waals surface area (Å²) >= 11 is 1.43. The van der Waals surface area contributed by atoms with Crippen molar-refractivity contribution in [2.75, 3.05) is 0 Å². The van der Waals surface area contributed by atoms with E-state index in [-0.39, 0.29) is 23.0 Å². The minimum atomic E-state index is -0.288. The summed E-state index contributed by atoms with van der Waals surface area (Å²) in [4.78, 5) is 12.5. The Morgan fingerprint density at radius 1 is 1.32 bits per heavy atom. The lowest BCUT2D eigenvalue weighted by Crippen LogP contribution is -2.33. The minimum Gasteiger partial charge on any atom is -0.349 e. The third kappa shape index (κ3) is 4.21. The fourth-order valence-corrected chi connectivity index (χ4v) is 3.63. The van der Waals surface area contributed by atoms with Gasteiger partial charge in [0, 0.05) is 12.5 Å². The molecule has 1 heterocycles. The molecule has 25 heavy (non-hydrogen) atoms. The van der Waals surface area contributed by atoms with Crippen LogP contribution in [0.15, 0.2) is 29.4 Å². The predicted octanol–water partition coefficient (Wildman–Crippen LogP) is 3.67. The number of aromatic nitrogens is 3. The number of carbonyl (C=O) groups excluding carboxylic acids is 1. The average Bonchev–Trinajstić information content (AvgIpc) is 3.36. The molecule has 2 aromatic rings. The van der Waals surface area contributed by atoms with Crippen molar-refractivity contribution in [1.82, 2.24) is 20.1 Å². The van der Waals surface area contributed by atoms with Crippen molar-refractivity contribution in [3.05, 3.63) is 41.5 Å². The van der Waals surface area contributed by atoms with Crippen molar-refractivity contribution >= 4 is 17.7 Å². The molecule has 3 rings (SSSR count). The molecule has 0 spiro atoms. The first-order valence-corrected chi connectivity index (χ1v) is 9.53. The van der Waals surface area contributed by atoms with Crippen LogP contribution in [0.25, 0.3) is 0 Å². The van der Waals surface area contributed by atoms with Crippen molar-refractivity contribution in [1.29, 1.82) is 0 Å². The highest BCUT2D eigenvalue weighted by atomic mass is 32.2. The zero-order chi connectivity index (χ0) is 18.0. The summed E-state index contributed by atoms with van der Waals surface area (Å²) in [5.41, 5.74) is 0.875. The molecular formula is C18H23FN4OS. The molecule has 1 saturated carbocycles. The summed E-state index contributed by atoms with van der Waals surface area (Å²) in [6, 6.07) is 6.00. The summed E-state index contributed by atoms with van der Waals surface area (Å²) < 4.78 is 15.1. The minimum absolute atomic E-state index is 0.0690. The third-order valence-electron chi connectivity index (χ3n) is 4.38. The van der Waals surface area contributed by atoms with Gasteiger partial charge in [0.1, 0.15) is 11.6 Å². The number of amides is 1. The van der Waals surface area contributed by atoms with Gasteiger partial charge in [-0.1, -0.05) is 23.9 Å². The number of nitrogens with zero attached hydrogens (tertiary/aromatic N) is 3. The Morgan fingerprint density at radius 3 is 2.60 bits per heavy atom.